The molecule has 1 aromatic carbocycles. The number of aryl methyl sites for hydroxylation is 1. The van der Waals surface area contributed by atoms with Crippen LogP contribution in [0.25, 0.3) is 11.1 Å². The molecule has 0 radical (unpaired) electrons. The SMILES string of the molecule is CCN.CC[C@H]1OC(=O)[C@H](C)[C@@H](OC[C@H]2C[C@@](C)(OC)[C@@H](O)[C@H](C)O2)C(C)[C@H]2O[C@@H]3O[C@H](C)C[C@H](N(C)CCc4cn([C@H](CF)[C@H](OC)c5ccc(-c6ccc(C)nc6)cc5)nn4)[C@]3(O)[C@@]2(OC)C[C@@H](C)C(=N)[C@H](C)[C@H]2CC(=O)O[C@@]21CC. The summed E-state index contributed by atoms with van der Waals surface area (Å²) in [5, 5.41) is 44.0. The number of fused-ring (bicyclic) bond motifs is 4. The number of esters is 2. The lowest BCUT2D eigenvalue weighted by Crippen LogP contribution is -2.73. The van der Waals surface area contributed by atoms with E-state index in [1.807, 2.05) is 112 Å². The molecule has 1 unspecified atom stereocenters. The zero-order valence-corrected chi connectivity index (χ0v) is 51.7. The van der Waals surface area contributed by atoms with Gasteiger partial charge in [-0.3, -0.25) is 19.5 Å². The number of aliphatic hydroxyl groups excluding tert-OH is 1. The molecule has 464 valence electrons. The van der Waals surface area contributed by atoms with Crippen LogP contribution < -0.4 is 5.73 Å². The smallest absolute Gasteiger partial charge is 0.311 e. The third kappa shape index (κ3) is 12.9. The number of rotatable bonds is 17. The second-order valence-corrected chi connectivity index (χ2v) is 24.4. The van der Waals surface area contributed by atoms with Crippen LogP contribution in [-0.4, -0.2) is 185 Å². The average Bonchev–Trinajstić information content (AvgIpc) is 2.25. The molecule has 0 spiro atoms. The summed E-state index contributed by atoms with van der Waals surface area (Å²) in [5.74, 6) is -4.27. The average molecular weight is 1170 g/mol. The molecule has 3 aromatic rings. The maximum Gasteiger partial charge on any atom is 0.311 e. The number of cyclic esters (lactones) is 1. The minimum atomic E-state index is -1.91. The molecule has 20 atom stereocenters. The highest BCUT2D eigenvalue weighted by molar-refractivity contribution is 5.87. The van der Waals surface area contributed by atoms with Gasteiger partial charge in [-0.1, -0.05) is 77.1 Å². The summed E-state index contributed by atoms with van der Waals surface area (Å²) in [7, 11) is 6.57. The molecule has 5 aliphatic rings. The van der Waals surface area contributed by atoms with Gasteiger partial charge in [0.1, 0.15) is 36.6 Å². The second-order valence-electron chi connectivity index (χ2n) is 24.4. The van der Waals surface area contributed by atoms with E-state index in [1.54, 1.807) is 41.4 Å². The Morgan fingerprint density at radius 2 is 1.65 bits per heavy atom. The summed E-state index contributed by atoms with van der Waals surface area (Å²) in [4.78, 5) is 34.9. The molecule has 5 N–H and O–H groups in total. The number of carbonyl (C=O) groups excluding carboxylic acids is 2. The summed E-state index contributed by atoms with van der Waals surface area (Å²) < 4.78 is 75.1. The van der Waals surface area contributed by atoms with Gasteiger partial charge in [0.25, 0.3) is 0 Å². The van der Waals surface area contributed by atoms with E-state index < -0.39 is 138 Å². The lowest BCUT2D eigenvalue weighted by atomic mass is 9.63. The Morgan fingerprint density at radius 1 is 0.964 bits per heavy atom. The fourth-order valence-corrected chi connectivity index (χ4v) is 14.4. The molecule has 2 aromatic heterocycles. The Balaban J connectivity index is 0.00000323. The molecule has 0 saturated carbocycles. The van der Waals surface area contributed by atoms with Crippen LogP contribution in [0.2, 0.25) is 0 Å². The van der Waals surface area contributed by atoms with E-state index >= 15 is 4.39 Å². The second kappa shape index (κ2) is 27.5. The molecule has 5 saturated heterocycles. The number of nitrogens with one attached hydrogen (secondary N) is 1. The van der Waals surface area contributed by atoms with Crippen LogP contribution in [0.4, 0.5) is 4.39 Å². The van der Waals surface area contributed by atoms with Gasteiger partial charge in [0, 0.05) is 93.9 Å². The molecule has 7 heterocycles. The molecule has 0 bridgehead atoms. The van der Waals surface area contributed by atoms with Gasteiger partial charge in [-0.2, -0.15) is 0 Å². The number of benzene rings is 1. The van der Waals surface area contributed by atoms with Gasteiger partial charge in [0.15, 0.2) is 17.5 Å². The lowest BCUT2D eigenvalue weighted by molar-refractivity contribution is -0.288. The van der Waals surface area contributed by atoms with Crippen molar-refractivity contribution in [2.24, 2.45) is 35.3 Å². The van der Waals surface area contributed by atoms with Crippen molar-refractivity contribution >= 4 is 17.7 Å². The maximum absolute atomic E-state index is 15.2. The Morgan fingerprint density at radius 3 is 2.25 bits per heavy atom. The number of alkyl halides is 1. The molecule has 0 amide bonds. The van der Waals surface area contributed by atoms with Gasteiger partial charge >= 0.3 is 11.9 Å². The van der Waals surface area contributed by atoms with Crippen LogP contribution in [-0.2, 0) is 58.6 Å². The first-order chi connectivity index (χ1) is 39.4. The van der Waals surface area contributed by atoms with Crippen molar-refractivity contribution in [2.75, 3.05) is 54.7 Å². The normalized spacial score (nSPS) is 37.5. The molecule has 5 aliphatic heterocycles. The predicted molar refractivity (Wildman–Crippen MR) is 309 cm³/mol. The summed E-state index contributed by atoms with van der Waals surface area (Å²) >= 11 is 0. The fourth-order valence-electron chi connectivity index (χ4n) is 14.4. The quantitative estimate of drug-likeness (QED) is 0.0965. The van der Waals surface area contributed by atoms with Crippen LogP contribution in [0.15, 0.2) is 48.8 Å². The molecule has 21 heteroatoms. The van der Waals surface area contributed by atoms with Crippen molar-refractivity contribution in [3.8, 4) is 11.1 Å². The third-order valence-corrected chi connectivity index (χ3v) is 19.1. The molecule has 20 nitrogen and oxygen atoms in total. The van der Waals surface area contributed by atoms with E-state index in [-0.39, 0.29) is 19.4 Å². The topological polar surface area (TPSA) is 254 Å². The Kier molecular flexibility index (Phi) is 21.9. The largest absolute Gasteiger partial charge is 0.458 e. The highest BCUT2D eigenvalue weighted by Gasteiger charge is 2.74. The van der Waals surface area contributed by atoms with Crippen LogP contribution in [0.1, 0.15) is 137 Å². The number of nitrogens with two attached hydrogens (primary N) is 1. The lowest BCUT2D eigenvalue weighted by Gasteiger charge is -2.54. The van der Waals surface area contributed by atoms with Crippen molar-refractivity contribution in [3.63, 3.8) is 0 Å². The maximum atomic E-state index is 15.2. The number of methoxy groups -OCH3 is 3. The van der Waals surface area contributed by atoms with E-state index in [1.165, 1.54) is 4.68 Å². The van der Waals surface area contributed by atoms with Crippen molar-refractivity contribution in [1.29, 1.82) is 5.41 Å². The molecular weight excluding hydrogens is 1070 g/mol. The molecule has 83 heavy (non-hydrogen) atoms. The van der Waals surface area contributed by atoms with E-state index in [0.29, 0.717) is 50.1 Å². The summed E-state index contributed by atoms with van der Waals surface area (Å²) in [6.07, 6.45) is -1.75. The zero-order chi connectivity index (χ0) is 60.9. The third-order valence-electron chi connectivity index (χ3n) is 19.1. The molecule has 8 rings (SSSR count). The zero-order valence-electron chi connectivity index (χ0n) is 51.7. The van der Waals surface area contributed by atoms with Crippen molar-refractivity contribution in [2.45, 2.75) is 211 Å². The van der Waals surface area contributed by atoms with Gasteiger partial charge in [-0.05, 0) is 97.0 Å². The first kappa shape index (κ1) is 66.1. The Bertz CT molecular complexity index is 2620. The van der Waals surface area contributed by atoms with E-state index in [0.717, 1.165) is 28.9 Å². The van der Waals surface area contributed by atoms with E-state index in [9.17, 15) is 25.2 Å². The Labute approximate surface area is 490 Å². The van der Waals surface area contributed by atoms with Crippen LogP contribution in [0.5, 0.6) is 0 Å². The van der Waals surface area contributed by atoms with Crippen LogP contribution in [0.3, 0.4) is 0 Å². The predicted octanol–water partition coefficient (Wildman–Crippen LogP) is 7.33. The van der Waals surface area contributed by atoms with Gasteiger partial charge in [-0.25, -0.2) is 9.07 Å². The number of carbonyl (C=O) groups is 2. The van der Waals surface area contributed by atoms with Gasteiger partial charge in [0.05, 0.1) is 60.8 Å². The van der Waals surface area contributed by atoms with Crippen molar-refractivity contribution < 1.29 is 66.8 Å². The number of pyridine rings is 1. The standard InChI is InChI=1S/C60H89FN6O13.C2H7N/c1-15-48-58(16-2)45(26-49(68)80-58)36(6)50(62)33(3)27-59(74-14)54(37(7)51(38(8)55(70)78-48)75-32-44-28-57(10,73-13)53(69)39(9)77-44)79-56-60(59,71)47(25-35(5)76-56)66(11)24-23-43-31-67(65-64-43)46(29-61)52(72-12)41-21-19-40(20-22-41)42-18-17-34(4)63-30-42;1-2-3/h17-22,30-31,33,35-39,44-48,51-54,56,62,69,71H,15-16,23-29,32H2,1-14H3;2-3H2,1H3/t33-,35-,36-,37?,38-,39+,44-,45-,46-,47+,48-,51+,52-,53+,54-,56+,57-,58+,59-,60-;/m1./s1. The summed E-state index contributed by atoms with van der Waals surface area (Å²) in [6.45, 7) is 21.1. The van der Waals surface area contributed by atoms with Crippen LogP contribution in [0, 0.1) is 41.9 Å². The highest BCUT2D eigenvalue weighted by atomic mass is 19.1. The minimum absolute atomic E-state index is 0.00116. The minimum Gasteiger partial charge on any atom is -0.458 e. The number of aliphatic hydroxyl groups is 2. The number of hydrogen-bond donors (Lipinski definition) is 4. The van der Waals surface area contributed by atoms with Crippen LogP contribution >= 0.6 is 0 Å². The van der Waals surface area contributed by atoms with Crippen molar-refractivity contribution in [3.05, 3.63) is 65.7 Å². The van der Waals surface area contributed by atoms with Gasteiger partial charge in [-0.15, -0.1) is 5.10 Å². The molecule has 5 fully saturated rings. The van der Waals surface area contributed by atoms with Gasteiger partial charge < -0.3 is 64.0 Å². The first-order valence-corrected chi connectivity index (χ1v) is 29.9. The number of hydrogen-bond acceptors (Lipinski definition) is 19. The summed E-state index contributed by atoms with van der Waals surface area (Å²) in [6, 6.07) is 10.3. The number of nitrogens with zero attached hydrogens (tertiary/aromatic N) is 5. The van der Waals surface area contributed by atoms with E-state index in [2.05, 4.69) is 20.2 Å². The Hall–Kier alpha value is -4.39. The number of halogens is 1. The van der Waals surface area contributed by atoms with Gasteiger partial charge in [0.2, 0.25) is 0 Å². The van der Waals surface area contributed by atoms with Crippen molar-refractivity contribution in [1.82, 2.24) is 24.9 Å². The molecular formula is C62H96FN7O13. The number of aromatic nitrogens is 4. The monoisotopic (exact) mass is 1170 g/mol. The van der Waals surface area contributed by atoms with E-state index in [4.69, 9.17) is 48.4 Å². The number of likely N-dealkylation sites (N-methyl/N-ethyl adjacent to an activating group) is 1. The number of ether oxygens (including phenoxy) is 9. The first-order valence-electron chi connectivity index (χ1n) is 29.9. The molecule has 0 aliphatic carbocycles. The highest BCUT2D eigenvalue weighted by Crippen LogP contribution is 2.56. The fraction of sp³-hybridized carbons (Fsp3) is 0.742. The summed E-state index contributed by atoms with van der Waals surface area (Å²) in [5.41, 5.74) is 3.72.